The number of benzene rings is 2. The number of aliphatic hydroxyl groups is 1. The van der Waals surface area contributed by atoms with Crippen molar-refractivity contribution in [2.45, 2.75) is 18.6 Å². The third-order valence-corrected chi connectivity index (χ3v) is 3.41. The summed E-state index contributed by atoms with van der Waals surface area (Å²) in [4.78, 5) is 0. The standard InChI is InChI=1S/C16H18O2/c1-16(18-2,14-11-7-4-8-12-14)15(17)13-9-5-3-6-10-13/h3-12,15,17H,1-2H3/t15-,16+/m1/s1. The molecule has 0 saturated heterocycles. The van der Waals surface area contributed by atoms with E-state index in [9.17, 15) is 5.11 Å². The van der Waals surface area contributed by atoms with Gasteiger partial charge in [0.25, 0.3) is 0 Å². The molecule has 0 heterocycles. The predicted octanol–water partition coefficient (Wildman–Crippen LogP) is 3.28. The Labute approximate surface area is 108 Å². The van der Waals surface area contributed by atoms with Crippen molar-refractivity contribution in [3.63, 3.8) is 0 Å². The fraction of sp³-hybridized carbons (Fsp3) is 0.250. The Morgan fingerprint density at radius 2 is 1.44 bits per heavy atom. The van der Waals surface area contributed by atoms with Crippen LogP contribution in [0.25, 0.3) is 0 Å². The minimum Gasteiger partial charge on any atom is -0.385 e. The normalized spacial score (nSPS) is 15.9. The Hall–Kier alpha value is -1.64. The first-order chi connectivity index (χ1) is 8.68. The number of hydrogen-bond donors (Lipinski definition) is 1. The van der Waals surface area contributed by atoms with Crippen molar-refractivity contribution in [1.82, 2.24) is 0 Å². The summed E-state index contributed by atoms with van der Waals surface area (Å²) in [5, 5.41) is 10.6. The quantitative estimate of drug-likeness (QED) is 0.891. The van der Waals surface area contributed by atoms with E-state index in [1.807, 2.05) is 67.6 Å². The van der Waals surface area contributed by atoms with Gasteiger partial charge in [0.05, 0.1) is 0 Å². The molecule has 2 heteroatoms. The molecule has 2 rings (SSSR count). The maximum atomic E-state index is 10.6. The van der Waals surface area contributed by atoms with Crippen LogP contribution in [0.2, 0.25) is 0 Å². The Bertz CT molecular complexity index is 481. The molecule has 0 saturated carbocycles. The van der Waals surface area contributed by atoms with Crippen molar-refractivity contribution in [3.8, 4) is 0 Å². The van der Waals surface area contributed by atoms with E-state index in [1.54, 1.807) is 7.11 Å². The molecule has 2 aromatic rings. The van der Waals surface area contributed by atoms with Crippen LogP contribution in [0.5, 0.6) is 0 Å². The molecule has 0 bridgehead atoms. The lowest BCUT2D eigenvalue weighted by Gasteiger charge is -2.34. The molecule has 0 amide bonds. The van der Waals surface area contributed by atoms with Gasteiger partial charge in [-0.1, -0.05) is 60.7 Å². The van der Waals surface area contributed by atoms with Gasteiger partial charge < -0.3 is 9.84 Å². The highest BCUT2D eigenvalue weighted by Gasteiger charge is 2.35. The van der Waals surface area contributed by atoms with Crippen molar-refractivity contribution in [2.75, 3.05) is 7.11 Å². The first-order valence-electron chi connectivity index (χ1n) is 6.02. The SMILES string of the molecule is CO[C@@](C)(c1ccccc1)[C@H](O)c1ccccc1. The van der Waals surface area contributed by atoms with Crippen LogP contribution < -0.4 is 0 Å². The third-order valence-electron chi connectivity index (χ3n) is 3.41. The lowest BCUT2D eigenvalue weighted by Crippen LogP contribution is -2.32. The average molecular weight is 242 g/mol. The number of hydrogen-bond acceptors (Lipinski definition) is 2. The van der Waals surface area contributed by atoms with Gasteiger partial charge in [-0.05, 0) is 18.1 Å². The van der Waals surface area contributed by atoms with E-state index in [-0.39, 0.29) is 0 Å². The Morgan fingerprint density at radius 3 is 1.94 bits per heavy atom. The molecular weight excluding hydrogens is 224 g/mol. The fourth-order valence-corrected chi connectivity index (χ4v) is 2.11. The lowest BCUT2D eigenvalue weighted by molar-refractivity contribution is -0.0983. The van der Waals surface area contributed by atoms with Crippen LogP contribution in [-0.2, 0) is 10.3 Å². The smallest absolute Gasteiger partial charge is 0.120 e. The van der Waals surface area contributed by atoms with E-state index in [2.05, 4.69) is 0 Å². The summed E-state index contributed by atoms with van der Waals surface area (Å²) in [6.45, 7) is 1.90. The number of aliphatic hydroxyl groups excluding tert-OH is 1. The number of methoxy groups -OCH3 is 1. The summed E-state index contributed by atoms with van der Waals surface area (Å²) in [6.07, 6.45) is -0.703. The van der Waals surface area contributed by atoms with E-state index in [4.69, 9.17) is 4.74 Å². The predicted molar refractivity (Wildman–Crippen MR) is 72.2 cm³/mol. The molecule has 18 heavy (non-hydrogen) atoms. The van der Waals surface area contributed by atoms with Gasteiger partial charge in [-0.15, -0.1) is 0 Å². The van der Waals surface area contributed by atoms with Crippen molar-refractivity contribution in [2.24, 2.45) is 0 Å². The zero-order valence-electron chi connectivity index (χ0n) is 10.7. The monoisotopic (exact) mass is 242 g/mol. The van der Waals surface area contributed by atoms with Gasteiger partial charge in [0.2, 0.25) is 0 Å². The van der Waals surface area contributed by atoms with Gasteiger partial charge >= 0.3 is 0 Å². The maximum absolute atomic E-state index is 10.6. The summed E-state index contributed by atoms with van der Waals surface area (Å²) in [6, 6.07) is 19.4. The molecule has 0 aliphatic carbocycles. The van der Waals surface area contributed by atoms with Crippen LogP contribution >= 0.6 is 0 Å². The van der Waals surface area contributed by atoms with Gasteiger partial charge in [0.1, 0.15) is 11.7 Å². The largest absolute Gasteiger partial charge is 0.385 e. The molecule has 2 atom stereocenters. The van der Waals surface area contributed by atoms with Crippen LogP contribution in [0.3, 0.4) is 0 Å². The molecule has 0 aliphatic heterocycles. The van der Waals surface area contributed by atoms with Crippen LogP contribution in [0.1, 0.15) is 24.2 Å². The summed E-state index contributed by atoms with van der Waals surface area (Å²) in [5.74, 6) is 0. The highest BCUT2D eigenvalue weighted by molar-refractivity contribution is 5.28. The molecule has 0 spiro atoms. The van der Waals surface area contributed by atoms with Gasteiger partial charge in [-0.3, -0.25) is 0 Å². The molecule has 94 valence electrons. The molecule has 0 aromatic heterocycles. The number of rotatable bonds is 4. The van der Waals surface area contributed by atoms with Gasteiger partial charge in [0, 0.05) is 7.11 Å². The van der Waals surface area contributed by atoms with E-state index in [1.165, 1.54) is 0 Å². The minimum atomic E-state index is -0.747. The molecule has 0 aliphatic rings. The first kappa shape index (κ1) is 12.8. The first-order valence-corrected chi connectivity index (χ1v) is 6.02. The topological polar surface area (TPSA) is 29.5 Å². The Balaban J connectivity index is 2.39. The summed E-state index contributed by atoms with van der Waals surface area (Å²) in [7, 11) is 1.62. The Kier molecular flexibility index (Phi) is 3.80. The molecule has 0 fully saturated rings. The van der Waals surface area contributed by atoms with E-state index in [0.717, 1.165) is 11.1 Å². The molecular formula is C16H18O2. The Morgan fingerprint density at radius 1 is 0.944 bits per heavy atom. The molecule has 2 nitrogen and oxygen atoms in total. The van der Waals surface area contributed by atoms with E-state index >= 15 is 0 Å². The molecule has 0 unspecified atom stereocenters. The van der Waals surface area contributed by atoms with Gasteiger partial charge in [-0.2, -0.15) is 0 Å². The zero-order chi connectivity index (χ0) is 13.0. The maximum Gasteiger partial charge on any atom is 0.120 e. The van der Waals surface area contributed by atoms with E-state index < -0.39 is 11.7 Å². The highest BCUT2D eigenvalue weighted by atomic mass is 16.5. The summed E-state index contributed by atoms with van der Waals surface area (Å²) in [5.41, 5.74) is 1.07. The molecule has 1 N–H and O–H groups in total. The highest BCUT2D eigenvalue weighted by Crippen LogP contribution is 2.37. The average Bonchev–Trinajstić information content (AvgIpc) is 2.47. The van der Waals surface area contributed by atoms with Crippen LogP contribution in [0.15, 0.2) is 60.7 Å². The minimum absolute atomic E-state index is 0.703. The van der Waals surface area contributed by atoms with Gasteiger partial charge in [0.15, 0.2) is 0 Å². The van der Waals surface area contributed by atoms with E-state index in [0.29, 0.717) is 0 Å². The van der Waals surface area contributed by atoms with Gasteiger partial charge in [-0.25, -0.2) is 0 Å². The fourth-order valence-electron chi connectivity index (χ4n) is 2.11. The summed E-state index contributed by atoms with van der Waals surface area (Å²) < 4.78 is 5.59. The third kappa shape index (κ3) is 2.30. The van der Waals surface area contributed by atoms with Crippen molar-refractivity contribution >= 4 is 0 Å². The lowest BCUT2D eigenvalue weighted by atomic mass is 9.86. The summed E-state index contributed by atoms with van der Waals surface area (Å²) >= 11 is 0. The molecule has 2 aromatic carbocycles. The van der Waals surface area contributed by atoms with Crippen LogP contribution in [-0.4, -0.2) is 12.2 Å². The van der Waals surface area contributed by atoms with Crippen molar-refractivity contribution < 1.29 is 9.84 Å². The van der Waals surface area contributed by atoms with Crippen molar-refractivity contribution in [3.05, 3.63) is 71.8 Å². The second kappa shape index (κ2) is 5.34. The van der Waals surface area contributed by atoms with Crippen molar-refractivity contribution in [1.29, 1.82) is 0 Å². The second-order valence-corrected chi connectivity index (χ2v) is 4.49. The molecule has 0 radical (unpaired) electrons. The zero-order valence-corrected chi connectivity index (χ0v) is 10.7. The second-order valence-electron chi connectivity index (χ2n) is 4.49. The van der Waals surface area contributed by atoms with Crippen LogP contribution in [0, 0.1) is 0 Å². The number of ether oxygens (including phenoxy) is 1. The van der Waals surface area contributed by atoms with Crippen LogP contribution in [0.4, 0.5) is 0 Å².